The fraction of sp³-hybridized carbons (Fsp3) is 0.333. The van der Waals surface area contributed by atoms with Crippen molar-refractivity contribution in [1.82, 2.24) is 0 Å². The monoisotopic (exact) mass is 326 g/mol. The number of nitrogens with zero attached hydrogens (tertiary/aromatic N) is 2. The highest BCUT2D eigenvalue weighted by Crippen LogP contribution is 2.40. The van der Waals surface area contributed by atoms with E-state index < -0.39 is 42.1 Å². The molecule has 0 saturated carbocycles. The van der Waals surface area contributed by atoms with Crippen LogP contribution in [0, 0.1) is 18.3 Å². The van der Waals surface area contributed by atoms with Crippen LogP contribution in [0.1, 0.15) is 16.7 Å². The molecule has 1 aromatic rings. The maximum absolute atomic E-state index is 13.2. The molecular weight excluding hydrogens is 313 g/mol. The summed E-state index contributed by atoms with van der Waals surface area (Å²) < 4.78 is 44.7. The Bertz CT molecular complexity index is 694. The minimum atomic E-state index is -4.75. The van der Waals surface area contributed by atoms with Crippen LogP contribution in [0.2, 0.25) is 0 Å². The number of aliphatic hydroxyl groups is 1. The van der Waals surface area contributed by atoms with Crippen LogP contribution in [0.25, 0.3) is 0 Å². The summed E-state index contributed by atoms with van der Waals surface area (Å²) in [6, 6.07) is 2.84. The van der Waals surface area contributed by atoms with Gasteiger partial charge in [0.05, 0.1) is 29.5 Å². The number of carbonyl (C=O) groups excluding carboxylic acids is 1. The van der Waals surface area contributed by atoms with Crippen LogP contribution in [0.15, 0.2) is 24.8 Å². The van der Waals surface area contributed by atoms with Crippen molar-refractivity contribution in [2.75, 3.05) is 11.5 Å². The summed E-state index contributed by atoms with van der Waals surface area (Å²) in [6.07, 6.45) is -5.17. The number of benzene rings is 1. The lowest BCUT2D eigenvalue weighted by molar-refractivity contribution is -0.138. The number of cyclic esters (lactones) is 1. The van der Waals surface area contributed by atoms with Crippen LogP contribution in [-0.4, -0.2) is 30.0 Å². The second-order valence-corrected chi connectivity index (χ2v) is 4.95. The van der Waals surface area contributed by atoms with Gasteiger partial charge in [-0.2, -0.15) is 18.4 Å². The zero-order valence-electron chi connectivity index (χ0n) is 12.1. The predicted octanol–water partition coefficient (Wildman–Crippen LogP) is 2.76. The molecule has 1 N–H and O–H groups in total. The number of alkyl halides is 3. The number of nitriles is 1. The van der Waals surface area contributed by atoms with Crippen molar-refractivity contribution in [1.29, 1.82) is 5.26 Å². The summed E-state index contributed by atoms with van der Waals surface area (Å²) in [7, 11) is 0. The van der Waals surface area contributed by atoms with Gasteiger partial charge in [0.15, 0.2) is 0 Å². The highest BCUT2D eigenvalue weighted by molar-refractivity contribution is 5.92. The van der Waals surface area contributed by atoms with Gasteiger partial charge in [0.2, 0.25) is 0 Å². The average Bonchev–Trinajstić information content (AvgIpc) is 2.81. The molecule has 1 fully saturated rings. The third kappa shape index (κ3) is 2.75. The molecule has 0 bridgehead atoms. The topological polar surface area (TPSA) is 73.6 Å². The molecule has 23 heavy (non-hydrogen) atoms. The first-order chi connectivity index (χ1) is 10.8. The van der Waals surface area contributed by atoms with Gasteiger partial charge in [-0.1, -0.05) is 6.58 Å². The molecule has 1 aliphatic rings. The number of amides is 1. The van der Waals surface area contributed by atoms with Crippen molar-refractivity contribution >= 4 is 11.8 Å². The molecular formula is C15H13F3N2O3. The van der Waals surface area contributed by atoms with Crippen molar-refractivity contribution < 1.29 is 27.8 Å². The molecule has 0 radical (unpaired) electrons. The fourth-order valence-electron chi connectivity index (χ4n) is 2.62. The molecule has 5 nitrogen and oxygen atoms in total. The van der Waals surface area contributed by atoms with E-state index in [4.69, 9.17) is 10.00 Å². The highest BCUT2D eigenvalue weighted by Gasteiger charge is 2.43. The van der Waals surface area contributed by atoms with E-state index in [0.29, 0.717) is 0 Å². The van der Waals surface area contributed by atoms with Gasteiger partial charge in [0.1, 0.15) is 12.1 Å². The number of rotatable bonds is 3. The summed E-state index contributed by atoms with van der Waals surface area (Å²) in [5.74, 6) is 0. The molecule has 1 heterocycles. The van der Waals surface area contributed by atoms with Gasteiger partial charge in [-0.25, -0.2) is 4.79 Å². The van der Waals surface area contributed by atoms with Gasteiger partial charge in [-0.05, 0) is 30.7 Å². The Labute approximate surface area is 130 Å². The number of halogens is 3. The van der Waals surface area contributed by atoms with Gasteiger partial charge in [0, 0.05) is 0 Å². The van der Waals surface area contributed by atoms with Crippen molar-refractivity contribution in [2.24, 2.45) is 0 Å². The maximum Gasteiger partial charge on any atom is 0.418 e. The number of carbonyl (C=O) groups is 1. The smallest absolute Gasteiger partial charge is 0.418 e. The minimum absolute atomic E-state index is 0.0651. The summed E-state index contributed by atoms with van der Waals surface area (Å²) >= 11 is 0. The lowest BCUT2D eigenvalue weighted by Gasteiger charge is -2.25. The van der Waals surface area contributed by atoms with Crippen molar-refractivity contribution in [3.05, 3.63) is 41.5 Å². The molecule has 0 spiro atoms. The minimum Gasteiger partial charge on any atom is -0.439 e. The molecule has 1 saturated heterocycles. The average molecular weight is 326 g/mol. The quantitative estimate of drug-likeness (QED) is 0.867. The van der Waals surface area contributed by atoms with E-state index >= 15 is 0 Å². The molecule has 1 amide bonds. The Morgan fingerprint density at radius 2 is 2.17 bits per heavy atom. The van der Waals surface area contributed by atoms with E-state index in [-0.39, 0.29) is 11.3 Å². The van der Waals surface area contributed by atoms with Crippen LogP contribution in [0.3, 0.4) is 0 Å². The van der Waals surface area contributed by atoms with Gasteiger partial charge in [-0.15, -0.1) is 0 Å². The molecule has 1 aliphatic heterocycles. The third-order valence-electron chi connectivity index (χ3n) is 3.66. The van der Waals surface area contributed by atoms with E-state index in [2.05, 4.69) is 6.58 Å². The van der Waals surface area contributed by atoms with E-state index in [1.807, 2.05) is 0 Å². The van der Waals surface area contributed by atoms with E-state index in [1.54, 1.807) is 0 Å². The first-order valence-electron chi connectivity index (χ1n) is 6.60. The van der Waals surface area contributed by atoms with Crippen LogP contribution >= 0.6 is 0 Å². The zero-order valence-corrected chi connectivity index (χ0v) is 12.1. The number of aliphatic hydroxyl groups excluding tert-OH is 1. The zero-order chi connectivity index (χ0) is 17.4. The lowest BCUT2D eigenvalue weighted by Crippen LogP contribution is -2.39. The van der Waals surface area contributed by atoms with E-state index in [1.165, 1.54) is 25.1 Å². The van der Waals surface area contributed by atoms with Gasteiger partial charge in [-0.3, -0.25) is 4.90 Å². The highest BCUT2D eigenvalue weighted by atomic mass is 19.4. The molecule has 2 atom stereocenters. The number of ether oxygens (including phenoxy) is 1. The lowest BCUT2D eigenvalue weighted by atomic mass is 9.98. The summed E-state index contributed by atoms with van der Waals surface area (Å²) in [5.41, 5.74) is -1.99. The fourth-order valence-corrected chi connectivity index (χ4v) is 2.62. The van der Waals surface area contributed by atoms with E-state index in [9.17, 15) is 23.1 Å². The van der Waals surface area contributed by atoms with Gasteiger partial charge in [0.25, 0.3) is 0 Å². The SMILES string of the molecule is C=C[C@@H]1OC(=O)N(c2ccc(C#N)c(C(F)(F)F)c2C)[C@H]1CO. The predicted molar refractivity (Wildman–Crippen MR) is 74.7 cm³/mol. The largest absolute Gasteiger partial charge is 0.439 e. The second kappa shape index (κ2) is 5.93. The second-order valence-electron chi connectivity index (χ2n) is 4.95. The number of hydrogen-bond donors (Lipinski definition) is 1. The molecule has 2 rings (SSSR count). The van der Waals surface area contributed by atoms with Crippen LogP contribution in [0.5, 0.6) is 0 Å². The molecule has 0 aliphatic carbocycles. The number of hydrogen-bond acceptors (Lipinski definition) is 4. The van der Waals surface area contributed by atoms with Crippen molar-refractivity contribution in [2.45, 2.75) is 25.2 Å². The molecule has 0 unspecified atom stereocenters. The standard InChI is InChI=1S/C15H13F3N2O3/c1-3-12-11(7-21)20(14(22)23-12)10-5-4-9(6-19)13(8(10)2)15(16,17)18/h3-5,11-12,21H,1,7H2,2H3/t11-,12-/m0/s1. The first kappa shape index (κ1) is 16.8. The molecule has 0 aromatic heterocycles. The Kier molecular flexibility index (Phi) is 4.34. The maximum atomic E-state index is 13.2. The Balaban J connectivity index is 2.63. The third-order valence-corrected chi connectivity index (χ3v) is 3.66. The van der Waals surface area contributed by atoms with Crippen LogP contribution < -0.4 is 4.90 Å². The van der Waals surface area contributed by atoms with Crippen molar-refractivity contribution in [3.8, 4) is 6.07 Å². The molecule has 8 heteroatoms. The Morgan fingerprint density at radius 3 is 2.65 bits per heavy atom. The summed E-state index contributed by atoms with van der Waals surface area (Å²) in [5, 5.41) is 18.3. The van der Waals surface area contributed by atoms with Crippen LogP contribution in [-0.2, 0) is 10.9 Å². The summed E-state index contributed by atoms with van der Waals surface area (Å²) in [6.45, 7) is 4.13. The molecule has 1 aromatic carbocycles. The van der Waals surface area contributed by atoms with Crippen LogP contribution in [0.4, 0.5) is 23.7 Å². The Morgan fingerprint density at radius 1 is 1.52 bits per heavy atom. The summed E-state index contributed by atoms with van der Waals surface area (Å²) in [4.78, 5) is 12.9. The molecule has 122 valence electrons. The normalized spacial score (nSPS) is 21.0. The van der Waals surface area contributed by atoms with Gasteiger partial charge >= 0.3 is 12.3 Å². The first-order valence-corrected chi connectivity index (χ1v) is 6.60. The van der Waals surface area contributed by atoms with Crippen molar-refractivity contribution in [3.63, 3.8) is 0 Å². The number of anilines is 1. The van der Waals surface area contributed by atoms with Gasteiger partial charge < -0.3 is 9.84 Å². The Hall–Kier alpha value is -2.53. The van der Waals surface area contributed by atoms with E-state index in [0.717, 1.165) is 11.0 Å².